The molecule has 2 unspecified atom stereocenters. The summed E-state index contributed by atoms with van der Waals surface area (Å²) in [6.07, 6.45) is 4.56. The largest absolute Gasteiger partial charge is 0.462 e. The Morgan fingerprint density at radius 3 is 2.48 bits per heavy atom. The molecule has 2 bridgehead atoms. The predicted octanol–water partition coefficient (Wildman–Crippen LogP) is 3.05. The van der Waals surface area contributed by atoms with E-state index in [1.807, 2.05) is 24.3 Å². The highest BCUT2D eigenvalue weighted by Gasteiger charge is 2.42. The van der Waals surface area contributed by atoms with Gasteiger partial charge in [-0.05, 0) is 25.0 Å². The minimum atomic E-state index is -0.0554. The molecule has 6 heteroatoms. The normalized spacial score (nSPS) is 26.0. The van der Waals surface area contributed by atoms with Crippen molar-refractivity contribution in [2.24, 2.45) is 0 Å². The van der Waals surface area contributed by atoms with Crippen LogP contribution in [0.3, 0.4) is 0 Å². The van der Waals surface area contributed by atoms with E-state index in [1.54, 1.807) is 0 Å². The van der Waals surface area contributed by atoms with E-state index in [4.69, 9.17) is 4.74 Å². The highest BCUT2D eigenvalue weighted by Crippen LogP contribution is 2.43. The van der Waals surface area contributed by atoms with Crippen LogP contribution in [-0.2, 0) is 9.53 Å². The second kappa shape index (κ2) is 8.86. The zero-order chi connectivity index (χ0) is 21.2. The quantitative estimate of drug-likeness (QED) is 0.753. The second-order valence-corrected chi connectivity index (χ2v) is 9.01. The number of benzene rings is 2. The first-order valence-corrected chi connectivity index (χ1v) is 11.6. The average molecular weight is 419 g/mol. The molecule has 0 spiro atoms. The molecule has 0 amide bonds. The van der Waals surface area contributed by atoms with Crippen molar-refractivity contribution in [2.45, 2.75) is 50.3 Å². The van der Waals surface area contributed by atoms with Crippen LogP contribution >= 0.6 is 0 Å². The summed E-state index contributed by atoms with van der Waals surface area (Å²) in [5.41, 5.74) is 1.94. The minimum absolute atomic E-state index is 0.0221. The van der Waals surface area contributed by atoms with E-state index >= 15 is 0 Å². The molecule has 3 aliphatic heterocycles. The molecular formula is C25H30N4O2. The first kappa shape index (κ1) is 20.3. The molecule has 0 aliphatic carbocycles. The molecule has 0 radical (unpaired) electrons. The first-order chi connectivity index (χ1) is 15.2. The van der Waals surface area contributed by atoms with Gasteiger partial charge >= 0.3 is 5.97 Å². The van der Waals surface area contributed by atoms with Gasteiger partial charge < -0.3 is 19.9 Å². The molecular weight excluding hydrogens is 388 g/mol. The first-order valence-electron chi connectivity index (χ1n) is 11.6. The number of nitrogens with zero attached hydrogens (tertiary/aromatic N) is 3. The Kier molecular flexibility index (Phi) is 5.80. The zero-order valence-electron chi connectivity index (χ0n) is 17.9. The van der Waals surface area contributed by atoms with Crippen LogP contribution in [-0.4, -0.2) is 61.8 Å². The van der Waals surface area contributed by atoms with Crippen molar-refractivity contribution in [3.05, 3.63) is 42.0 Å². The number of nitriles is 1. The smallest absolute Gasteiger partial charge is 0.307 e. The molecule has 6 nitrogen and oxygen atoms in total. The van der Waals surface area contributed by atoms with Gasteiger partial charge in [0.25, 0.3) is 0 Å². The van der Waals surface area contributed by atoms with Crippen LogP contribution in [0.25, 0.3) is 10.8 Å². The SMILES string of the molecule is N#Cc1ccc(N2C3CCC2CC(OC(=O)CCN2CCNCC2)C3)c2ccccc12. The van der Waals surface area contributed by atoms with Gasteiger partial charge in [-0.25, -0.2) is 0 Å². The number of ether oxygens (including phenoxy) is 1. The molecule has 31 heavy (non-hydrogen) atoms. The molecule has 2 atom stereocenters. The van der Waals surface area contributed by atoms with Crippen LogP contribution in [0.1, 0.15) is 37.7 Å². The molecule has 0 aromatic heterocycles. The molecule has 1 N–H and O–H groups in total. The van der Waals surface area contributed by atoms with E-state index in [-0.39, 0.29) is 12.1 Å². The molecule has 162 valence electrons. The lowest BCUT2D eigenvalue weighted by molar-refractivity contribution is -0.150. The van der Waals surface area contributed by atoms with Crippen LogP contribution in [0.5, 0.6) is 0 Å². The third-order valence-corrected chi connectivity index (χ3v) is 7.13. The van der Waals surface area contributed by atoms with Crippen molar-refractivity contribution in [3.63, 3.8) is 0 Å². The van der Waals surface area contributed by atoms with Crippen LogP contribution in [0.2, 0.25) is 0 Å². The highest BCUT2D eigenvalue weighted by atomic mass is 16.5. The van der Waals surface area contributed by atoms with Gasteiger partial charge in [-0.1, -0.05) is 24.3 Å². The number of anilines is 1. The summed E-state index contributed by atoms with van der Waals surface area (Å²) in [5.74, 6) is -0.0554. The fourth-order valence-corrected chi connectivity index (χ4v) is 5.65. The summed E-state index contributed by atoms with van der Waals surface area (Å²) in [4.78, 5) is 17.3. The molecule has 3 aliphatic rings. The maximum atomic E-state index is 12.5. The van der Waals surface area contributed by atoms with Gasteiger partial charge in [-0.2, -0.15) is 5.26 Å². The van der Waals surface area contributed by atoms with E-state index in [0.717, 1.165) is 74.7 Å². The number of piperidine rings is 1. The van der Waals surface area contributed by atoms with Gasteiger partial charge in [0.1, 0.15) is 6.10 Å². The van der Waals surface area contributed by atoms with E-state index in [0.29, 0.717) is 18.5 Å². The number of fused-ring (bicyclic) bond motifs is 3. The van der Waals surface area contributed by atoms with E-state index in [1.165, 1.54) is 5.69 Å². The number of piperazine rings is 1. The lowest BCUT2D eigenvalue weighted by Crippen LogP contribution is -2.46. The Hall–Kier alpha value is -2.62. The lowest BCUT2D eigenvalue weighted by Gasteiger charge is -2.40. The Morgan fingerprint density at radius 2 is 1.77 bits per heavy atom. The van der Waals surface area contributed by atoms with Gasteiger partial charge in [0.05, 0.1) is 18.1 Å². The Morgan fingerprint density at radius 1 is 1.06 bits per heavy atom. The molecule has 5 rings (SSSR count). The van der Waals surface area contributed by atoms with Gasteiger partial charge in [-0.3, -0.25) is 4.79 Å². The van der Waals surface area contributed by atoms with Crippen molar-refractivity contribution in [3.8, 4) is 6.07 Å². The summed E-state index contributed by atoms with van der Waals surface area (Å²) in [7, 11) is 0. The molecule has 3 saturated heterocycles. The van der Waals surface area contributed by atoms with Gasteiger partial charge in [0.2, 0.25) is 0 Å². The van der Waals surface area contributed by atoms with E-state index in [2.05, 4.69) is 33.3 Å². The Balaban J connectivity index is 1.25. The monoisotopic (exact) mass is 418 g/mol. The predicted molar refractivity (Wildman–Crippen MR) is 121 cm³/mol. The topological polar surface area (TPSA) is 68.6 Å². The summed E-state index contributed by atoms with van der Waals surface area (Å²) in [6.45, 7) is 4.81. The number of hydrogen-bond acceptors (Lipinski definition) is 6. The van der Waals surface area contributed by atoms with Crippen molar-refractivity contribution < 1.29 is 9.53 Å². The van der Waals surface area contributed by atoms with E-state index < -0.39 is 0 Å². The van der Waals surface area contributed by atoms with Crippen molar-refractivity contribution in [2.75, 3.05) is 37.6 Å². The molecule has 3 fully saturated rings. The number of carbonyl (C=O) groups is 1. The number of hydrogen-bond donors (Lipinski definition) is 1. The molecule has 2 aromatic carbocycles. The molecule has 0 saturated carbocycles. The fraction of sp³-hybridized carbons (Fsp3) is 0.520. The maximum Gasteiger partial charge on any atom is 0.307 e. The number of rotatable bonds is 5. The zero-order valence-corrected chi connectivity index (χ0v) is 17.9. The number of nitrogens with one attached hydrogen (secondary N) is 1. The van der Waals surface area contributed by atoms with Crippen molar-refractivity contribution in [1.29, 1.82) is 5.26 Å². The average Bonchev–Trinajstić information content (AvgIpc) is 3.07. The minimum Gasteiger partial charge on any atom is -0.462 e. The second-order valence-electron chi connectivity index (χ2n) is 9.01. The fourth-order valence-electron chi connectivity index (χ4n) is 5.65. The van der Waals surface area contributed by atoms with E-state index in [9.17, 15) is 10.1 Å². The van der Waals surface area contributed by atoms with Crippen LogP contribution in [0.4, 0.5) is 5.69 Å². The summed E-state index contributed by atoms with van der Waals surface area (Å²) in [6, 6.07) is 15.3. The van der Waals surface area contributed by atoms with Crippen molar-refractivity contribution in [1.82, 2.24) is 10.2 Å². The summed E-state index contributed by atoms with van der Waals surface area (Å²) >= 11 is 0. The van der Waals surface area contributed by atoms with Gasteiger partial charge in [0, 0.05) is 74.1 Å². The van der Waals surface area contributed by atoms with Gasteiger partial charge in [-0.15, -0.1) is 0 Å². The summed E-state index contributed by atoms with van der Waals surface area (Å²) in [5, 5.41) is 15.0. The van der Waals surface area contributed by atoms with Crippen molar-refractivity contribution >= 4 is 22.4 Å². The van der Waals surface area contributed by atoms with Crippen LogP contribution in [0.15, 0.2) is 36.4 Å². The number of esters is 1. The molecule has 2 aromatic rings. The van der Waals surface area contributed by atoms with Crippen LogP contribution in [0, 0.1) is 11.3 Å². The summed E-state index contributed by atoms with van der Waals surface area (Å²) < 4.78 is 5.92. The highest BCUT2D eigenvalue weighted by molar-refractivity contribution is 5.98. The third kappa shape index (κ3) is 4.13. The maximum absolute atomic E-state index is 12.5. The van der Waals surface area contributed by atoms with Gasteiger partial charge in [0.15, 0.2) is 0 Å². The standard InChI is InChI=1S/C25H30N4O2/c26-17-18-5-8-24(23-4-2-1-3-22(18)23)29-19-6-7-20(29)16-21(15-19)31-25(30)9-12-28-13-10-27-11-14-28/h1-5,8,19-21,27H,6-7,9-16H2. The molecule has 3 heterocycles. The Labute approximate surface area is 183 Å². The Bertz CT molecular complexity index is 981. The lowest BCUT2D eigenvalue weighted by atomic mass is 9.96. The third-order valence-electron chi connectivity index (χ3n) is 7.13. The van der Waals surface area contributed by atoms with Crippen LogP contribution < -0.4 is 10.2 Å². The number of carbonyl (C=O) groups excluding carboxylic acids is 1.